The van der Waals surface area contributed by atoms with Crippen molar-refractivity contribution in [3.8, 4) is 0 Å². The molecule has 0 aliphatic heterocycles. The van der Waals surface area contributed by atoms with Gasteiger partial charge in [0.25, 0.3) is 0 Å². The van der Waals surface area contributed by atoms with E-state index in [9.17, 15) is 4.79 Å². The SMILES string of the molecule is CN(C)CCC1(c2ccccc2)CC(=O)c2ccccc21. The van der Waals surface area contributed by atoms with Gasteiger partial charge in [0.2, 0.25) is 0 Å². The van der Waals surface area contributed by atoms with Crippen LogP contribution in [-0.4, -0.2) is 31.3 Å². The first-order valence-electron chi connectivity index (χ1n) is 7.46. The standard InChI is InChI=1S/C19H21NO/c1-20(2)13-12-19(15-8-4-3-5-9-15)14-18(21)16-10-6-7-11-17(16)19/h3-11H,12-14H2,1-2H3. The Kier molecular flexibility index (Phi) is 3.64. The second-order valence-electron chi connectivity index (χ2n) is 6.15. The molecular formula is C19H21NO. The van der Waals surface area contributed by atoms with Gasteiger partial charge in [0.15, 0.2) is 5.78 Å². The lowest BCUT2D eigenvalue weighted by Crippen LogP contribution is -2.30. The fraction of sp³-hybridized carbons (Fsp3) is 0.316. The van der Waals surface area contributed by atoms with Crippen molar-refractivity contribution in [3.05, 3.63) is 71.3 Å². The van der Waals surface area contributed by atoms with E-state index in [-0.39, 0.29) is 11.2 Å². The molecular weight excluding hydrogens is 258 g/mol. The molecule has 1 aliphatic rings. The Hall–Kier alpha value is -1.93. The molecule has 1 atom stereocenters. The molecule has 21 heavy (non-hydrogen) atoms. The average molecular weight is 279 g/mol. The van der Waals surface area contributed by atoms with Crippen molar-refractivity contribution in [1.82, 2.24) is 4.90 Å². The first kappa shape index (κ1) is 14.0. The predicted molar refractivity (Wildman–Crippen MR) is 85.8 cm³/mol. The molecule has 2 aromatic rings. The summed E-state index contributed by atoms with van der Waals surface area (Å²) in [5.74, 6) is 0.271. The summed E-state index contributed by atoms with van der Waals surface area (Å²) >= 11 is 0. The van der Waals surface area contributed by atoms with Crippen LogP contribution in [0.25, 0.3) is 0 Å². The Balaban J connectivity index is 2.13. The summed E-state index contributed by atoms with van der Waals surface area (Å²) in [6.07, 6.45) is 1.55. The second-order valence-corrected chi connectivity index (χ2v) is 6.15. The van der Waals surface area contributed by atoms with Crippen LogP contribution in [0, 0.1) is 0 Å². The Morgan fingerprint density at radius 2 is 1.67 bits per heavy atom. The monoisotopic (exact) mass is 279 g/mol. The largest absolute Gasteiger partial charge is 0.309 e. The number of rotatable bonds is 4. The quantitative estimate of drug-likeness (QED) is 0.853. The molecule has 0 spiro atoms. The maximum absolute atomic E-state index is 12.5. The molecule has 0 N–H and O–H groups in total. The van der Waals surface area contributed by atoms with Crippen molar-refractivity contribution in [1.29, 1.82) is 0 Å². The minimum atomic E-state index is -0.167. The number of hydrogen-bond donors (Lipinski definition) is 0. The Morgan fingerprint density at radius 1 is 1.00 bits per heavy atom. The van der Waals surface area contributed by atoms with E-state index in [1.165, 1.54) is 11.1 Å². The Bertz CT molecular complexity index is 648. The van der Waals surface area contributed by atoms with Gasteiger partial charge in [-0.3, -0.25) is 4.79 Å². The van der Waals surface area contributed by atoms with Crippen molar-refractivity contribution in [2.24, 2.45) is 0 Å². The number of ketones is 1. The van der Waals surface area contributed by atoms with Crippen molar-refractivity contribution >= 4 is 5.78 Å². The Labute approximate surface area is 126 Å². The van der Waals surface area contributed by atoms with E-state index in [0.717, 1.165) is 18.5 Å². The maximum Gasteiger partial charge on any atom is 0.164 e. The molecule has 0 fully saturated rings. The van der Waals surface area contributed by atoms with Gasteiger partial charge in [-0.25, -0.2) is 0 Å². The number of carbonyl (C=O) groups is 1. The smallest absolute Gasteiger partial charge is 0.164 e. The minimum Gasteiger partial charge on any atom is -0.309 e. The molecule has 0 saturated carbocycles. The zero-order valence-corrected chi connectivity index (χ0v) is 12.7. The third-order valence-electron chi connectivity index (χ3n) is 4.52. The second kappa shape index (κ2) is 5.45. The molecule has 3 rings (SSSR count). The van der Waals surface area contributed by atoms with Gasteiger partial charge < -0.3 is 4.90 Å². The molecule has 0 radical (unpaired) electrons. The molecule has 108 valence electrons. The number of hydrogen-bond acceptors (Lipinski definition) is 2. The van der Waals surface area contributed by atoms with Crippen molar-refractivity contribution in [2.75, 3.05) is 20.6 Å². The predicted octanol–water partition coefficient (Wildman–Crippen LogP) is 3.51. The summed E-state index contributed by atoms with van der Waals surface area (Å²) in [7, 11) is 4.17. The highest BCUT2D eigenvalue weighted by Crippen LogP contribution is 2.46. The number of benzene rings is 2. The summed E-state index contributed by atoms with van der Waals surface area (Å²) in [5, 5.41) is 0. The first-order valence-corrected chi connectivity index (χ1v) is 7.46. The first-order chi connectivity index (χ1) is 10.1. The minimum absolute atomic E-state index is 0.167. The van der Waals surface area contributed by atoms with E-state index < -0.39 is 0 Å². The van der Waals surface area contributed by atoms with E-state index >= 15 is 0 Å². The van der Waals surface area contributed by atoms with Crippen molar-refractivity contribution in [2.45, 2.75) is 18.3 Å². The molecule has 2 heteroatoms. The van der Waals surface area contributed by atoms with Gasteiger partial charge >= 0.3 is 0 Å². The molecule has 0 bridgehead atoms. The summed E-state index contributed by atoms with van der Waals surface area (Å²) in [6, 6.07) is 18.6. The fourth-order valence-electron chi connectivity index (χ4n) is 3.40. The van der Waals surface area contributed by atoms with E-state index in [1.54, 1.807) is 0 Å². The van der Waals surface area contributed by atoms with Gasteiger partial charge in [-0.05, 0) is 38.2 Å². The van der Waals surface area contributed by atoms with Crippen LogP contribution in [0.15, 0.2) is 54.6 Å². The number of nitrogens with zero attached hydrogens (tertiary/aromatic N) is 1. The van der Waals surface area contributed by atoms with Crippen LogP contribution in [0.4, 0.5) is 0 Å². The summed E-state index contributed by atoms with van der Waals surface area (Å²) in [5.41, 5.74) is 3.19. The zero-order chi connectivity index (χ0) is 14.9. The topological polar surface area (TPSA) is 20.3 Å². The van der Waals surface area contributed by atoms with Gasteiger partial charge in [-0.1, -0.05) is 54.6 Å². The molecule has 1 unspecified atom stereocenters. The number of Topliss-reactive ketones (excluding diaryl/α,β-unsaturated/α-hetero) is 1. The van der Waals surface area contributed by atoms with E-state index in [1.807, 2.05) is 24.3 Å². The number of fused-ring (bicyclic) bond motifs is 1. The zero-order valence-electron chi connectivity index (χ0n) is 12.7. The van der Waals surface area contributed by atoms with Crippen LogP contribution in [0.2, 0.25) is 0 Å². The molecule has 1 aliphatic carbocycles. The maximum atomic E-state index is 12.5. The van der Waals surface area contributed by atoms with E-state index in [0.29, 0.717) is 6.42 Å². The molecule has 0 heterocycles. The lowest BCUT2D eigenvalue weighted by Gasteiger charge is -2.32. The van der Waals surface area contributed by atoms with Crippen LogP contribution in [-0.2, 0) is 5.41 Å². The normalized spacial score (nSPS) is 20.8. The molecule has 0 saturated heterocycles. The van der Waals surface area contributed by atoms with Crippen molar-refractivity contribution < 1.29 is 4.79 Å². The van der Waals surface area contributed by atoms with E-state index in [4.69, 9.17) is 0 Å². The lowest BCUT2D eigenvalue weighted by molar-refractivity contribution is 0.0976. The summed E-state index contributed by atoms with van der Waals surface area (Å²) in [4.78, 5) is 14.7. The summed E-state index contributed by atoms with van der Waals surface area (Å²) < 4.78 is 0. The van der Waals surface area contributed by atoms with Crippen molar-refractivity contribution in [3.63, 3.8) is 0 Å². The van der Waals surface area contributed by atoms with Gasteiger partial charge in [0, 0.05) is 17.4 Å². The molecule has 0 aromatic heterocycles. The molecule has 2 nitrogen and oxygen atoms in total. The summed E-state index contributed by atoms with van der Waals surface area (Å²) in [6.45, 7) is 0.969. The van der Waals surface area contributed by atoms with E-state index in [2.05, 4.69) is 49.3 Å². The van der Waals surface area contributed by atoms with Crippen LogP contribution in [0.3, 0.4) is 0 Å². The lowest BCUT2D eigenvalue weighted by atomic mass is 9.73. The van der Waals surface area contributed by atoms with Gasteiger partial charge in [-0.15, -0.1) is 0 Å². The van der Waals surface area contributed by atoms with Crippen LogP contribution >= 0.6 is 0 Å². The van der Waals surface area contributed by atoms with Gasteiger partial charge in [0.1, 0.15) is 0 Å². The Morgan fingerprint density at radius 3 is 2.38 bits per heavy atom. The number of carbonyl (C=O) groups excluding carboxylic acids is 1. The van der Waals surface area contributed by atoms with Crippen LogP contribution in [0.5, 0.6) is 0 Å². The average Bonchev–Trinajstić information content (AvgIpc) is 2.80. The molecule has 0 amide bonds. The third-order valence-corrected chi connectivity index (χ3v) is 4.52. The van der Waals surface area contributed by atoms with Gasteiger partial charge in [0.05, 0.1) is 0 Å². The highest BCUT2D eigenvalue weighted by Gasteiger charge is 2.43. The van der Waals surface area contributed by atoms with Crippen LogP contribution in [0.1, 0.15) is 34.3 Å². The fourth-order valence-corrected chi connectivity index (χ4v) is 3.40. The highest BCUT2D eigenvalue weighted by atomic mass is 16.1. The molecule has 2 aromatic carbocycles. The van der Waals surface area contributed by atoms with Crippen LogP contribution < -0.4 is 0 Å². The third kappa shape index (κ3) is 2.40. The van der Waals surface area contributed by atoms with Gasteiger partial charge in [-0.2, -0.15) is 0 Å². The highest BCUT2D eigenvalue weighted by molar-refractivity contribution is 6.03.